The van der Waals surface area contributed by atoms with Crippen LogP contribution in [0.5, 0.6) is 0 Å². The highest BCUT2D eigenvalue weighted by atomic mass is 35.5. The zero-order valence-corrected chi connectivity index (χ0v) is 8.99. The summed E-state index contributed by atoms with van der Waals surface area (Å²) >= 11 is 5.67. The fourth-order valence-electron chi connectivity index (χ4n) is 1.46. The molecule has 2 rings (SSSR count). The highest BCUT2D eigenvalue weighted by molar-refractivity contribution is 6.18. The van der Waals surface area contributed by atoms with Crippen molar-refractivity contribution in [2.24, 2.45) is 12.8 Å². The van der Waals surface area contributed by atoms with E-state index < -0.39 is 0 Å². The lowest BCUT2D eigenvalue weighted by Gasteiger charge is -2.07. The number of nitrogens with zero attached hydrogens (tertiary/aromatic N) is 1. The van der Waals surface area contributed by atoms with Crippen molar-refractivity contribution in [3.63, 3.8) is 0 Å². The summed E-state index contributed by atoms with van der Waals surface area (Å²) in [7, 11) is 1.66. The Bertz CT molecular complexity index is 544. The van der Waals surface area contributed by atoms with Gasteiger partial charge < -0.3 is 10.2 Å². The Hall–Kier alpha value is -1.26. The van der Waals surface area contributed by atoms with E-state index in [1.807, 2.05) is 12.1 Å². The molecule has 0 saturated carbocycles. The molecule has 15 heavy (non-hydrogen) atoms. The number of rotatable bonds is 2. The van der Waals surface area contributed by atoms with Gasteiger partial charge >= 0.3 is 5.76 Å². The van der Waals surface area contributed by atoms with E-state index >= 15 is 0 Å². The van der Waals surface area contributed by atoms with Gasteiger partial charge in [-0.3, -0.25) is 4.57 Å². The molecule has 0 spiro atoms. The van der Waals surface area contributed by atoms with E-state index in [0.717, 1.165) is 11.1 Å². The molecule has 0 bridgehead atoms. The molecule has 1 aromatic heterocycles. The minimum absolute atomic E-state index is 0.221. The fourth-order valence-corrected chi connectivity index (χ4v) is 1.64. The second-order valence-electron chi connectivity index (χ2n) is 3.41. The Morgan fingerprint density at radius 3 is 3.00 bits per heavy atom. The van der Waals surface area contributed by atoms with Crippen LogP contribution in [0.4, 0.5) is 0 Å². The first-order valence-corrected chi connectivity index (χ1v) is 5.08. The minimum atomic E-state index is -0.374. The van der Waals surface area contributed by atoms with Gasteiger partial charge in [-0.25, -0.2) is 4.79 Å². The van der Waals surface area contributed by atoms with Crippen molar-refractivity contribution in [3.8, 4) is 0 Å². The van der Waals surface area contributed by atoms with Gasteiger partial charge in [-0.05, 0) is 17.7 Å². The van der Waals surface area contributed by atoms with Crippen LogP contribution in [0.2, 0.25) is 0 Å². The largest absolute Gasteiger partial charge is 0.419 e. The van der Waals surface area contributed by atoms with E-state index in [9.17, 15) is 4.79 Å². The average molecular weight is 227 g/mol. The van der Waals surface area contributed by atoms with Crippen LogP contribution in [0.15, 0.2) is 27.4 Å². The summed E-state index contributed by atoms with van der Waals surface area (Å²) < 4.78 is 6.44. The highest BCUT2D eigenvalue weighted by Crippen LogP contribution is 2.18. The number of alkyl halides is 1. The number of aromatic nitrogens is 1. The second-order valence-corrected chi connectivity index (χ2v) is 3.72. The van der Waals surface area contributed by atoms with Gasteiger partial charge in [0.1, 0.15) is 0 Å². The van der Waals surface area contributed by atoms with Gasteiger partial charge in [0.25, 0.3) is 0 Å². The Morgan fingerprint density at radius 2 is 2.33 bits per heavy atom. The number of fused-ring (bicyclic) bond motifs is 1. The number of halogens is 1. The molecule has 0 radical (unpaired) electrons. The molecule has 1 heterocycles. The first-order chi connectivity index (χ1) is 7.13. The molecule has 0 fully saturated rings. The number of hydrogen-bond acceptors (Lipinski definition) is 3. The predicted molar refractivity (Wildman–Crippen MR) is 59.1 cm³/mol. The van der Waals surface area contributed by atoms with Crippen molar-refractivity contribution < 1.29 is 4.42 Å². The van der Waals surface area contributed by atoms with Crippen LogP contribution in [0.3, 0.4) is 0 Å². The molecular weight excluding hydrogens is 216 g/mol. The predicted octanol–water partition coefficient (Wildman–Crippen LogP) is 1.37. The summed E-state index contributed by atoms with van der Waals surface area (Å²) in [6.45, 7) is 0. The van der Waals surface area contributed by atoms with Crippen molar-refractivity contribution in [3.05, 3.63) is 34.3 Å². The van der Waals surface area contributed by atoms with E-state index in [-0.39, 0.29) is 11.8 Å². The van der Waals surface area contributed by atoms with E-state index in [4.69, 9.17) is 21.8 Å². The molecule has 0 aliphatic carbocycles. The first-order valence-electron chi connectivity index (χ1n) is 4.54. The molecule has 1 aromatic carbocycles. The summed E-state index contributed by atoms with van der Waals surface area (Å²) in [5.41, 5.74) is 7.99. The zero-order valence-electron chi connectivity index (χ0n) is 8.24. The van der Waals surface area contributed by atoms with Crippen molar-refractivity contribution in [2.75, 3.05) is 5.88 Å². The minimum Gasteiger partial charge on any atom is -0.408 e. The molecule has 1 atom stereocenters. The number of hydrogen-bond donors (Lipinski definition) is 1. The van der Waals surface area contributed by atoms with Gasteiger partial charge in [-0.15, -0.1) is 11.6 Å². The third-order valence-electron chi connectivity index (χ3n) is 2.41. The van der Waals surface area contributed by atoms with Crippen LogP contribution >= 0.6 is 11.6 Å². The van der Waals surface area contributed by atoms with Crippen molar-refractivity contribution in [2.45, 2.75) is 6.04 Å². The molecular formula is C10H11ClN2O2. The summed E-state index contributed by atoms with van der Waals surface area (Å²) in [5, 5.41) is 0. The summed E-state index contributed by atoms with van der Waals surface area (Å²) in [6.07, 6.45) is 0. The maximum absolute atomic E-state index is 11.2. The maximum Gasteiger partial charge on any atom is 0.419 e. The summed E-state index contributed by atoms with van der Waals surface area (Å²) in [5.74, 6) is -0.0290. The lowest BCUT2D eigenvalue weighted by atomic mass is 10.1. The Kier molecular flexibility index (Phi) is 2.54. The quantitative estimate of drug-likeness (QED) is 0.787. The monoisotopic (exact) mass is 226 g/mol. The third-order valence-corrected chi connectivity index (χ3v) is 2.74. The van der Waals surface area contributed by atoms with Crippen LogP contribution in [-0.2, 0) is 7.05 Å². The van der Waals surface area contributed by atoms with E-state index in [2.05, 4.69) is 0 Å². The molecule has 0 aliphatic heterocycles. The second kappa shape index (κ2) is 3.72. The molecule has 0 aliphatic rings. The standard InChI is InChI=1S/C10H11ClN2O2/c1-13-8-4-6(7(12)5-11)2-3-9(8)15-10(13)14/h2-4,7H,5,12H2,1H3. The average Bonchev–Trinajstić information content (AvgIpc) is 2.54. The third kappa shape index (κ3) is 1.66. The molecule has 2 aromatic rings. The number of benzene rings is 1. The van der Waals surface area contributed by atoms with Gasteiger partial charge in [0.2, 0.25) is 0 Å². The lowest BCUT2D eigenvalue weighted by molar-refractivity contribution is 0.528. The Balaban J connectivity index is 2.64. The topological polar surface area (TPSA) is 61.2 Å². The van der Waals surface area contributed by atoms with E-state index in [1.54, 1.807) is 13.1 Å². The molecule has 2 N–H and O–H groups in total. The van der Waals surface area contributed by atoms with Crippen LogP contribution in [0, 0.1) is 0 Å². The van der Waals surface area contributed by atoms with Gasteiger partial charge in [0, 0.05) is 19.0 Å². The Labute approximate surface area is 91.2 Å². The molecule has 1 unspecified atom stereocenters. The summed E-state index contributed by atoms with van der Waals surface area (Å²) in [4.78, 5) is 11.2. The zero-order chi connectivity index (χ0) is 11.0. The molecule has 0 amide bonds. The van der Waals surface area contributed by atoms with Crippen molar-refractivity contribution >= 4 is 22.7 Å². The van der Waals surface area contributed by atoms with Gasteiger partial charge in [-0.1, -0.05) is 6.07 Å². The highest BCUT2D eigenvalue weighted by Gasteiger charge is 2.09. The number of nitrogens with two attached hydrogens (primary N) is 1. The van der Waals surface area contributed by atoms with Gasteiger partial charge in [0.05, 0.1) is 5.52 Å². The Morgan fingerprint density at radius 1 is 1.60 bits per heavy atom. The van der Waals surface area contributed by atoms with Crippen molar-refractivity contribution in [1.82, 2.24) is 4.57 Å². The van der Waals surface area contributed by atoms with Gasteiger partial charge in [-0.2, -0.15) is 0 Å². The first kappa shape index (κ1) is 10.3. The lowest BCUT2D eigenvalue weighted by Crippen LogP contribution is -2.12. The molecule has 80 valence electrons. The maximum atomic E-state index is 11.2. The van der Waals surface area contributed by atoms with Crippen LogP contribution < -0.4 is 11.5 Å². The SMILES string of the molecule is Cn1c(=O)oc2ccc(C(N)CCl)cc21. The van der Waals surface area contributed by atoms with Crippen molar-refractivity contribution in [1.29, 1.82) is 0 Å². The fraction of sp³-hybridized carbons (Fsp3) is 0.300. The molecule has 4 nitrogen and oxygen atoms in total. The number of aryl methyl sites for hydroxylation is 1. The smallest absolute Gasteiger partial charge is 0.408 e. The van der Waals surface area contributed by atoms with Crippen LogP contribution in [-0.4, -0.2) is 10.4 Å². The van der Waals surface area contributed by atoms with Crippen LogP contribution in [0.1, 0.15) is 11.6 Å². The molecule has 0 saturated heterocycles. The van der Waals surface area contributed by atoms with E-state index in [1.165, 1.54) is 4.57 Å². The van der Waals surface area contributed by atoms with Gasteiger partial charge in [0.15, 0.2) is 5.58 Å². The number of oxazole rings is 1. The molecule has 5 heteroatoms. The summed E-state index contributed by atoms with van der Waals surface area (Å²) in [6, 6.07) is 5.16. The van der Waals surface area contributed by atoms with E-state index in [0.29, 0.717) is 11.5 Å². The normalized spacial score (nSPS) is 13.3. The van der Waals surface area contributed by atoms with Crippen LogP contribution in [0.25, 0.3) is 11.1 Å².